The van der Waals surface area contributed by atoms with Gasteiger partial charge in [0.25, 0.3) is 0 Å². The van der Waals surface area contributed by atoms with Crippen LogP contribution in [0.3, 0.4) is 0 Å². The highest BCUT2D eigenvalue weighted by Gasteiger charge is 2.14. The van der Waals surface area contributed by atoms with Crippen LogP contribution in [-0.2, 0) is 0 Å². The molecule has 3 nitrogen and oxygen atoms in total. The van der Waals surface area contributed by atoms with Gasteiger partial charge in [-0.15, -0.1) is 0 Å². The molecule has 1 rings (SSSR count). The summed E-state index contributed by atoms with van der Waals surface area (Å²) in [6, 6.07) is 5.74. The molecule has 0 radical (unpaired) electrons. The first-order chi connectivity index (χ1) is 6.57. The minimum Gasteiger partial charge on any atom is -0.496 e. The largest absolute Gasteiger partial charge is 0.496 e. The van der Waals surface area contributed by atoms with Crippen molar-refractivity contribution < 1.29 is 9.84 Å². The highest BCUT2D eigenvalue weighted by molar-refractivity contribution is 5.59. The Hall–Kier alpha value is -1.22. The molecule has 0 fully saturated rings. The number of aliphatic hydroxyl groups excluding tert-OH is 1. The van der Waals surface area contributed by atoms with Crippen molar-refractivity contribution in [1.29, 1.82) is 0 Å². The second kappa shape index (κ2) is 4.33. The maximum Gasteiger partial charge on any atom is 0.126 e. The summed E-state index contributed by atoms with van der Waals surface area (Å²) < 4.78 is 5.21. The van der Waals surface area contributed by atoms with Gasteiger partial charge in [0.2, 0.25) is 0 Å². The second-order valence-electron chi connectivity index (χ2n) is 3.46. The number of aliphatic hydroxyl groups is 1. The zero-order valence-corrected chi connectivity index (χ0v) is 9.11. The molecule has 3 heteroatoms. The molecule has 0 saturated carbocycles. The van der Waals surface area contributed by atoms with Crippen molar-refractivity contribution in [1.82, 2.24) is 0 Å². The molecule has 0 heterocycles. The zero-order valence-electron chi connectivity index (χ0n) is 9.11. The molecule has 0 aliphatic rings. The molecule has 0 amide bonds. The van der Waals surface area contributed by atoms with Gasteiger partial charge < -0.3 is 14.7 Å². The SMILES string of the molecule is COc1cccc(N(C)C)c1[C@@H](C)O. The summed E-state index contributed by atoms with van der Waals surface area (Å²) in [6.07, 6.45) is -0.524. The number of hydrogen-bond donors (Lipinski definition) is 1. The smallest absolute Gasteiger partial charge is 0.126 e. The van der Waals surface area contributed by atoms with E-state index in [0.717, 1.165) is 17.0 Å². The highest BCUT2D eigenvalue weighted by Crippen LogP contribution is 2.33. The lowest BCUT2D eigenvalue weighted by Gasteiger charge is -2.21. The molecular weight excluding hydrogens is 178 g/mol. The first-order valence-corrected chi connectivity index (χ1v) is 4.60. The molecule has 14 heavy (non-hydrogen) atoms. The Kier molecular flexibility index (Phi) is 3.36. The van der Waals surface area contributed by atoms with Crippen molar-refractivity contribution in [2.24, 2.45) is 0 Å². The molecule has 78 valence electrons. The van der Waals surface area contributed by atoms with Crippen molar-refractivity contribution >= 4 is 5.69 Å². The highest BCUT2D eigenvalue weighted by atomic mass is 16.5. The van der Waals surface area contributed by atoms with E-state index >= 15 is 0 Å². The molecule has 1 aromatic rings. The van der Waals surface area contributed by atoms with Crippen LogP contribution in [0.5, 0.6) is 5.75 Å². The molecule has 0 aromatic heterocycles. The van der Waals surface area contributed by atoms with E-state index in [4.69, 9.17) is 4.74 Å². The van der Waals surface area contributed by atoms with Gasteiger partial charge in [-0.05, 0) is 19.1 Å². The van der Waals surface area contributed by atoms with Crippen LogP contribution in [0, 0.1) is 0 Å². The third kappa shape index (κ3) is 1.99. The lowest BCUT2D eigenvalue weighted by molar-refractivity contribution is 0.195. The predicted octanol–water partition coefficient (Wildman–Crippen LogP) is 1.81. The Bertz CT molecular complexity index is 308. The Morgan fingerprint density at radius 2 is 2.00 bits per heavy atom. The third-order valence-electron chi connectivity index (χ3n) is 2.16. The molecule has 1 N–H and O–H groups in total. The first-order valence-electron chi connectivity index (χ1n) is 4.60. The number of nitrogens with zero attached hydrogens (tertiary/aromatic N) is 1. The van der Waals surface area contributed by atoms with Gasteiger partial charge in [0.1, 0.15) is 5.75 Å². The maximum absolute atomic E-state index is 9.66. The van der Waals surface area contributed by atoms with Gasteiger partial charge in [0.15, 0.2) is 0 Å². The first kappa shape index (κ1) is 10.9. The molecule has 0 bridgehead atoms. The quantitative estimate of drug-likeness (QED) is 0.798. The van der Waals surface area contributed by atoms with Crippen molar-refractivity contribution in [3.63, 3.8) is 0 Å². The summed E-state index contributed by atoms with van der Waals surface area (Å²) in [5.74, 6) is 0.728. The summed E-state index contributed by atoms with van der Waals surface area (Å²) in [5, 5.41) is 9.66. The van der Waals surface area contributed by atoms with Gasteiger partial charge in [0, 0.05) is 25.3 Å². The van der Waals surface area contributed by atoms with Gasteiger partial charge in [0.05, 0.1) is 13.2 Å². The van der Waals surface area contributed by atoms with Crippen molar-refractivity contribution in [3.05, 3.63) is 23.8 Å². The summed E-state index contributed by atoms with van der Waals surface area (Å²) in [4.78, 5) is 1.96. The van der Waals surface area contributed by atoms with Crippen LogP contribution in [-0.4, -0.2) is 26.3 Å². The Morgan fingerprint density at radius 1 is 1.36 bits per heavy atom. The Morgan fingerprint density at radius 3 is 2.43 bits per heavy atom. The molecule has 0 saturated heterocycles. The van der Waals surface area contributed by atoms with Crippen molar-refractivity contribution in [3.8, 4) is 5.75 Å². The number of hydrogen-bond acceptors (Lipinski definition) is 3. The van der Waals surface area contributed by atoms with Gasteiger partial charge in [-0.3, -0.25) is 0 Å². The van der Waals surface area contributed by atoms with E-state index in [-0.39, 0.29) is 0 Å². The zero-order chi connectivity index (χ0) is 10.7. The lowest BCUT2D eigenvalue weighted by Crippen LogP contribution is -2.13. The number of methoxy groups -OCH3 is 1. The molecule has 1 aromatic carbocycles. The third-order valence-corrected chi connectivity index (χ3v) is 2.16. The fourth-order valence-corrected chi connectivity index (χ4v) is 1.52. The van der Waals surface area contributed by atoms with E-state index in [1.54, 1.807) is 14.0 Å². The molecule has 0 unspecified atom stereocenters. The minimum absolute atomic E-state index is 0.524. The molecular formula is C11H17NO2. The van der Waals surface area contributed by atoms with Crippen LogP contribution in [0.2, 0.25) is 0 Å². The lowest BCUT2D eigenvalue weighted by atomic mass is 10.1. The topological polar surface area (TPSA) is 32.7 Å². The van der Waals surface area contributed by atoms with E-state index < -0.39 is 6.10 Å². The molecule has 0 aliphatic carbocycles. The molecule has 0 aliphatic heterocycles. The van der Waals surface area contributed by atoms with Gasteiger partial charge in [-0.25, -0.2) is 0 Å². The van der Waals surface area contributed by atoms with Crippen LogP contribution in [0.25, 0.3) is 0 Å². The van der Waals surface area contributed by atoms with Crippen LogP contribution >= 0.6 is 0 Å². The molecule has 0 spiro atoms. The maximum atomic E-state index is 9.66. The average molecular weight is 195 g/mol. The number of ether oxygens (including phenoxy) is 1. The summed E-state index contributed by atoms with van der Waals surface area (Å²) in [5.41, 5.74) is 1.82. The van der Waals surface area contributed by atoms with E-state index in [1.807, 2.05) is 37.2 Å². The summed E-state index contributed by atoms with van der Waals surface area (Å²) >= 11 is 0. The number of rotatable bonds is 3. The Balaban J connectivity index is 3.28. The van der Waals surface area contributed by atoms with Crippen LogP contribution in [0.4, 0.5) is 5.69 Å². The normalized spacial score (nSPS) is 12.4. The monoisotopic (exact) mass is 195 g/mol. The standard InChI is InChI=1S/C11H17NO2/c1-8(13)11-9(12(2)3)6-5-7-10(11)14-4/h5-8,13H,1-4H3/t8-/m1/s1. The van der Waals surface area contributed by atoms with Gasteiger partial charge >= 0.3 is 0 Å². The summed E-state index contributed by atoms with van der Waals surface area (Å²) in [7, 11) is 5.50. The van der Waals surface area contributed by atoms with E-state index in [2.05, 4.69) is 0 Å². The fraction of sp³-hybridized carbons (Fsp3) is 0.455. The van der Waals surface area contributed by atoms with Gasteiger partial charge in [-0.2, -0.15) is 0 Å². The fourth-order valence-electron chi connectivity index (χ4n) is 1.52. The minimum atomic E-state index is -0.524. The van der Waals surface area contributed by atoms with E-state index in [1.165, 1.54) is 0 Å². The predicted molar refractivity (Wildman–Crippen MR) is 58.0 cm³/mol. The molecule has 1 atom stereocenters. The number of benzene rings is 1. The van der Waals surface area contributed by atoms with Crippen LogP contribution in [0.15, 0.2) is 18.2 Å². The van der Waals surface area contributed by atoms with E-state index in [9.17, 15) is 5.11 Å². The van der Waals surface area contributed by atoms with Crippen LogP contribution < -0.4 is 9.64 Å². The van der Waals surface area contributed by atoms with Crippen molar-refractivity contribution in [2.75, 3.05) is 26.1 Å². The van der Waals surface area contributed by atoms with E-state index in [0.29, 0.717) is 0 Å². The Labute approximate surface area is 84.9 Å². The number of anilines is 1. The average Bonchev–Trinajstić information content (AvgIpc) is 2.16. The second-order valence-corrected chi connectivity index (χ2v) is 3.46. The van der Waals surface area contributed by atoms with Crippen LogP contribution in [0.1, 0.15) is 18.6 Å². The van der Waals surface area contributed by atoms with Crippen molar-refractivity contribution in [2.45, 2.75) is 13.0 Å². The summed E-state index contributed by atoms with van der Waals surface area (Å²) in [6.45, 7) is 1.74. The van der Waals surface area contributed by atoms with Gasteiger partial charge in [-0.1, -0.05) is 6.07 Å².